The minimum absolute atomic E-state index is 0.0991. The first-order valence-corrected chi connectivity index (χ1v) is 17.7. The van der Waals surface area contributed by atoms with Gasteiger partial charge < -0.3 is 28.4 Å². The fourth-order valence-corrected chi connectivity index (χ4v) is 10.4. The standard InChI is InChI=1S/C35H58O6/c1-34(2,24-8-14-28(15-9-24)39-31-20-36-31)23-4-6-25(7-5-23)35(3,26-10-16-29(17-11-26)40-32-21-37-32)27-12-18-30(19-13-27)41-33-22-38-33/h23-33H,4-22H2,1-3H3. The highest BCUT2D eigenvalue weighted by Crippen LogP contribution is 2.59. The molecule has 7 fully saturated rings. The van der Waals surface area contributed by atoms with Crippen LogP contribution in [-0.4, -0.2) is 57.0 Å². The summed E-state index contributed by atoms with van der Waals surface area (Å²) in [6.07, 6.45) is 22.6. The highest BCUT2D eigenvalue weighted by Gasteiger charge is 2.51. The molecule has 3 unspecified atom stereocenters. The Morgan fingerprint density at radius 1 is 0.390 bits per heavy atom. The van der Waals surface area contributed by atoms with Crippen LogP contribution in [0.2, 0.25) is 0 Å². The van der Waals surface area contributed by atoms with E-state index in [4.69, 9.17) is 28.4 Å². The predicted molar refractivity (Wildman–Crippen MR) is 157 cm³/mol. The largest absolute Gasteiger partial charge is 0.347 e. The lowest BCUT2D eigenvalue weighted by Crippen LogP contribution is -2.48. The number of hydrogen-bond acceptors (Lipinski definition) is 6. The quantitative estimate of drug-likeness (QED) is 0.237. The van der Waals surface area contributed by atoms with E-state index in [2.05, 4.69) is 20.8 Å². The fraction of sp³-hybridized carbons (Fsp3) is 1.00. The van der Waals surface area contributed by atoms with Gasteiger partial charge in [0, 0.05) is 0 Å². The van der Waals surface area contributed by atoms with Crippen molar-refractivity contribution in [1.29, 1.82) is 0 Å². The van der Waals surface area contributed by atoms with Gasteiger partial charge in [-0.15, -0.1) is 0 Å². The molecule has 0 N–H and O–H groups in total. The average molecular weight is 575 g/mol. The second-order valence-electron chi connectivity index (χ2n) is 15.9. The van der Waals surface area contributed by atoms with E-state index < -0.39 is 0 Å². The van der Waals surface area contributed by atoms with Gasteiger partial charge in [-0.1, -0.05) is 20.8 Å². The van der Waals surface area contributed by atoms with Gasteiger partial charge in [0.1, 0.15) is 19.8 Å². The molecule has 0 aromatic rings. The minimum Gasteiger partial charge on any atom is -0.347 e. The Hall–Kier alpha value is -0.240. The Labute approximate surface area is 249 Å². The Morgan fingerprint density at radius 2 is 0.634 bits per heavy atom. The molecule has 6 nitrogen and oxygen atoms in total. The van der Waals surface area contributed by atoms with Crippen LogP contribution in [0.15, 0.2) is 0 Å². The zero-order valence-corrected chi connectivity index (χ0v) is 26.2. The molecule has 3 aliphatic heterocycles. The third kappa shape index (κ3) is 6.88. The highest BCUT2D eigenvalue weighted by molar-refractivity contribution is 5.00. The van der Waals surface area contributed by atoms with Gasteiger partial charge in [-0.05, 0) is 143 Å². The fourth-order valence-electron chi connectivity index (χ4n) is 10.4. The monoisotopic (exact) mass is 574 g/mol. The highest BCUT2D eigenvalue weighted by atomic mass is 16.8. The Balaban J connectivity index is 0.975. The molecular weight excluding hydrogens is 516 g/mol. The molecule has 6 heteroatoms. The summed E-state index contributed by atoms with van der Waals surface area (Å²) in [4.78, 5) is 0. The molecule has 3 heterocycles. The van der Waals surface area contributed by atoms with Crippen LogP contribution in [0.25, 0.3) is 0 Å². The molecule has 3 atom stereocenters. The molecule has 4 saturated carbocycles. The zero-order chi connectivity index (χ0) is 28.0. The molecule has 234 valence electrons. The second-order valence-corrected chi connectivity index (χ2v) is 15.9. The smallest absolute Gasteiger partial charge is 0.181 e. The van der Waals surface area contributed by atoms with Crippen LogP contribution in [0.5, 0.6) is 0 Å². The van der Waals surface area contributed by atoms with Crippen molar-refractivity contribution < 1.29 is 28.4 Å². The van der Waals surface area contributed by atoms with Gasteiger partial charge in [0.25, 0.3) is 0 Å². The first-order chi connectivity index (χ1) is 19.9. The average Bonchev–Trinajstić information content (AvgIpc) is 3.83. The molecule has 7 rings (SSSR count). The molecular formula is C35H58O6. The topological polar surface area (TPSA) is 65.3 Å². The Kier molecular flexibility index (Phi) is 8.82. The van der Waals surface area contributed by atoms with Crippen molar-refractivity contribution in [2.75, 3.05) is 19.8 Å². The van der Waals surface area contributed by atoms with Gasteiger partial charge in [-0.2, -0.15) is 0 Å². The first kappa shape index (κ1) is 29.5. The van der Waals surface area contributed by atoms with Crippen molar-refractivity contribution >= 4 is 0 Å². The molecule has 41 heavy (non-hydrogen) atoms. The lowest BCUT2D eigenvalue weighted by atomic mass is 9.50. The summed E-state index contributed by atoms with van der Waals surface area (Å²) in [5, 5.41) is 0. The summed E-state index contributed by atoms with van der Waals surface area (Å²) in [5.74, 6) is 4.23. The summed E-state index contributed by atoms with van der Waals surface area (Å²) < 4.78 is 34.6. The second kappa shape index (κ2) is 12.3. The molecule has 0 bridgehead atoms. The maximum absolute atomic E-state index is 6.18. The van der Waals surface area contributed by atoms with E-state index >= 15 is 0 Å². The van der Waals surface area contributed by atoms with Crippen LogP contribution in [0.3, 0.4) is 0 Å². The van der Waals surface area contributed by atoms with Crippen molar-refractivity contribution in [2.24, 2.45) is 40.4 Å². The van der Waals surface area contributed by atoms with E-state index in [9.17, 15) is 0 Å². The van der Waals surface area contributed by atoms with Crippen molar-refractivity contribution in [3.8, 4) is 0 Å². The normalized spacial score (nSPS) is 46.5. The Morgan fingerprint density at radius 3 is 0.927 bits per heavy atom. The number of hydrogen-bond donors (Lipinski definition) is 0. The van der Waals surface area contributed by atoms with Crippen molar-refractivity contribution in [3.63, 3.8) is 0 Å². The van der Waals surface area contributed by atoms with Crippen LogP contribution in [-0.2, 0) is 28.4 Å². The third-order valence-electron chi connectivity index (χ3n) is 13.4. The summed E-state index contributed by atoms with van der Waals surface area (Å²) in [5.41, 5.74) is 0.875. The van der Waals surface area contributed by atoms with E-state index in [1.54, 1.807) is 0 Å². The van der Waals surface area contributed by atoms with Gasteiger partial charge in [0.05, 0.1) is 18.3 Å². The minimum atomic E-state index is 0.0991. The first-order valence-electron chi connectivity index (χ1n) is 17.7. The molecule has 4 aliphatic carbocycles. The van der Waals surface area contributed by atoms with Gasteiger partial charge in [0.2, 0.25) is 0 Å². The number of ether oxygens (including phenoxy) is 6. The van der Waals surface area contributed by atoms with Crippen molar-refractivity contribution in [1.82, 2.24) is 0 Å². The summed E-state index contributed by atoms with van der Waals surface area (Å²) in [6.45, 7) is 10.4. The lowest BCUT2D eigenvalue weighted by Gasteiger charge is -2.55. The van der Waals surface area contributed by atoms with Crippen LogP contribution in [0.4, 0.5) is 0 Å². The van der Waals surface area contributed by atoms with Crippen LogP contribution in [0.1, 0.15) is 124 Å². The van der Waals surface area contributed by atoms with E-state index in [0.717, 1.165) is 49.4 Å². The van der Waals surface area contributed by atoms with Gasteiger partial charge >= 0.3 is 0 Å². The van der Waals surface area contributed by atoms with Gasteiger partial charge in [-0.3, -0.25) is 0 Å². The Bertz CT molecular complexity index is 799. The van der Waals surface area contributed by atoms with Crippen LogP contribution in [0, 0.1) is 40.4 Å². The molecule has 0 aromatic carbocycles. The van der Waals surface area contributed by atoms with E-state index in [1.807, 2.05) is 0 Å². The van der Waals surface area contributed by atoms with Crippen molar-refractivity contribution in [3.05, 3.63) is 0 Å². The third-order valence-corrected chi connectivity index (χ3v) is 13.4. The zero-order valence-electron chi connectivity index (χ0n) is 26.2. The SMILES string of the molecule is CC(C)(C1CCC(OC2CO2)CC1)C1CCC(C(C)(C2CCC(OC3CO3)CC2)C2CCC(OC3CO3)CC2)CC1. The van der Waals surface area contributed by atoms with Crippen molar-refractivity contribution in [2.45, 2.75) is 161 Å². The van der Waals surface area contributed by atoms with E-state index in [1.165, 1.54) is 103 Å². The predicted octanol–water partition coefficient (Wildman–Crippen LogP) is 7.62. The molecule has 0 radical (unpaired) electrons. The van der Waals surface area contributed by atoms with Crippen LogP contribution >= 0.6 is 0 Å². The lowest BCUT2D eigenvalue weighted by molar-refractivity contribution is -0.0988. The van der Waals surface area contributed by atoms with Crippen LogP contribution < -0.4 is 0 Å². The molecule has 0 aromatic heterocycles. The van der Waals surface area contributed by atoms with E-state index in [0.29, 0.717) is 29.1 Å². The summed E-state index contributed by atoms with van der Waals surface area (Å²) in [7, 11) is 0. The van der Waals surface area contributed by atoms with E-state index in [-0.39, 0.29) is 18.9 Å². The number of rotatable bonds is 11. The maximum atomic E-state index is 6.18. The summed E-state index contributed by atoms with van der Waals surface area (Å²) >= 11 is 0. The summed E-state index contributed by atoms with van der Waals surface area (Å²) in [6, 6.07) is 0. The molecule has 0 spiro atoms. The molecule has 0 amide bonds. The van der Waals surface area contributed by atoms with Gasteiger partial charge in [-0.25, -0.2) is 0 Å². The number of epoxide rings is 3. The van der Waals surface area contributed by atoms with Gasteiger partial charge in [0.15, 0.2) is 18.9 Å². The maximum Gasteiger partial charge on any atom is 0.181 e. The molecule has 3 saturated heterocycles. The molecule has 7 aliphatic rings.